The molecule has 122 valence electrons. The lowest BCUT2D eigenvalue weighted by molar-refractivity contribution is 0.327. The summed E-state index contributed by atoms with van der Waals surface area (Å²) in [7, 11) is 0. The van der Waals surface area contributed by atoms with Gasteiger partial charge in [0.25, 0.3) is 0 Å². The quantitative estimate of drug-likeness (QED) is 0.583. The van der Waals surface area contributed by atoms with Crippen LogP contribution in [0.15, 0.2) is 54.6 Å². The van der Waals surface area contributed by atoms with Crippen LogP contribution in [0.3, 0.4) is 0 Å². The molecule has 0 aliphatic heterocycles. The first-order valence-corrected chi connectivity index (χ1v) is 9.22. The summed E-state index contributed by atoms with van der Waals surface area (Å²) in [5, 5.41) is 0. The average Bonchev–Trinajstić information content (AvgIpc) is 3.10. The first kappa shape index (κ1) is 15.5. The summed E-state index contributed by atoms with van der Waals surface area (Å²) < 4.78 is 0. The third-order valence-electron chi connectivity index (χ3n) is 6.67. The van der Waals surface area contributed by atoms with Crippen LogP contribution in [0.2, 0.25) is 0 Å². The summed E-state index contributed by atoms with van der Waals surface area (Å²) in [6.07, 6.45) is 4.07. The highest BCUT2D eigenvalue weighted by atomic mass is 14.8. The standard InChI is InChI=1S/C24H26/c1-18-13-16-22-23(2,3)24(22,17-18)21-12-8-7-11-20(21)15-14-19-9-5-4-6-10-19/h4-12,18,22H,13,16-17H2,1-3H3. The van der Waals surface area contributed by atoms with E-state index >= 15 is 0 Å². The van der Waals surface area contributed by atoms with Crippen LogP contribution in [-0.4, -0.2) is 0 Å². The predicted octanol–water partition coefficient (Wildman–Crippen LogP) is 5.80. The Balaban J connectivity index is 1.77. The van der Waals surface area contributed by atoms with E-state index in [-0.39, 0.29) is 0 Å². The maximum absolute atomic E-state index is 3.48. The van der Waals surface area contributed by atoms with Gasteiger partial charge in [-0.25, -0.2) is 0 Å². The number of hydrogen-bond donors (Lipinski definition) is 0. The third kappa shape index (κ3) is 2.22. The van der Waals surface area contributed by atoms with E-state index in [9.17, 15) is 0 Å². The molecule has 2 fully saturated rings. The van der Waals surface area contributed by atoms with Crippen molar-refractivity contribution in [3.05, 3.63) is 71.3 Å². The molecule has 0 amide bonds. The van der Waals surface area contributed by atoms with Gasteiger partial charge in [-0.2, -0.15) is 0 Å². The zero-order valence-corrected chi connectivity index (χ0v) is 15.0. The van der Waals surface area contributed by atoms with E-state index in [2.05, 4.69) is 81.1 Å². The summed E-state index contributed by atoms with van der Waals surface area (Å²) in [4.78, 5) is 0. The van der Waals surface area contributed by atoms with Gasteiger partial charge in [0.2, 0.25) is 0 Å². The van der Waals surface area contributed by atoms with Crippen LogP contribution < -0.4 is 0 Å². The Labute approximate surface area is 146 Å². The van der Waals surface area contributed by atoms with Crippen molar-refractivity contribution in [2.45, 2.75) is 45.4 Å². The Bertz CT molecular complexity index is 803. The second kappa shape index (κ2) is 5.52. The van der Waals surface area contributed by atoms with Crippen LogP contribution in [0.25, 0.3) is 0 Å². The fourth-order valence-electron chi connectivity index (χ4n) is 5.37. The zero-order valence-electron chi connectivity index (χ0n) is 15.0. The summed E-state index contributed by atoms with van der Waals surface area (Å²) in [5.74, 6) is 8.48. The largest absolute Gasteiger partial charge is 0.0625 e. The van der Waals surface area contributed by atoms with Crippen molar-refractivity contribution in [1.29, 1.82) is 0 Å². The van der Waals surface area contributed by atoms with E-state index in [4.69, 9.17) is 0 Å². The van der Waals surface area contributed by atoms with Gasteiger partial charge in [0, 0.05) is 16.5 Å². The van der Waals surface area contributed by atoms with Crippen molar-refractivity contribution in [1.82, 2.24) is 0 Å². The molecule has 0 spiro atoms. The van der Waals surface area contributed by atoms with Crippen LogP contribution in [0.5, 0.6) is 0 Å². The molecular formula is C24H26. The minimum atomic E-state index is 0.340. The van der Waals surface area contributed by atoms with Crippen molar-refractivity contribution < 1.29 is 0 Å². The van der Waals surface area contributed by atoms with Gasteiger partial charge in [0.15, 0.2) is 0 Å². The molecule has 2 aromatic rings. The maximum Gasteiger partial charge on any atom is 0.0287 e. The van der Waals surface area contributed by atoms with E-state index in [0.717, 1.165) is 17.4 Å². The van der Waals surface area contributed by atoms with E-state index in [1.54, 1.807) is 0 Å². The molecule has 0 heteroatoms. The Hall–Kier alpha value is -2.00. The molecule has 3 unspecified atom stereocenters. The van der Waals surface area contributed by atoms with Gasteiger partial charge in [-0.1, -0.05) is 75.4 Å². The van der Waals surface area contributed by atoms with Crippen molar-refractivity contribution >= 4 is 0 Å². The van der Waals surface area contributed by atoms with E-state index < -0.39 is 0 Å². The molecule has 2 aliphatic carbocycles. The Kier molecular flexibility index (Phi) is 3.57. The average molecular weight is 314 g/mol. The fourth-order valence-corrected chi connectivity index (χ4v) is 5.37. The molecule has 0 bridgehead atoms. The summed E-state index contributed by atoms with van der Waals surface area (Å²) in [6.45, 7) is 7.36. The van der Waals surface area contributed by atoms with E-state index in [0.29, 0.717) is 10.8 Å². The van der Waals surface area contributed by atoms with Gasteiger partial charge < -0.3 is 0 Å². The second-order valence-corrected chi connectivity index (χ2v) is 8.29. The summed E-state index contributed by atoms with van der Waals surface area (Å²) in [6, 6.07) is 19.2. The van der Waals surface area contributed by atoms with E-state index in [1.165, 1.54) is 30.4 Å². The van der Waals surface area contributed by atoms with Gasteiger partial charge in [0.1, 0.15) is 0 Å². The minimum Gasteiger partial charge on any atom is -0.0625 e. The van der Waals surface area contributed by atoms with Crippen molar-refractivity contribution in [3.8, 4) is 11.8 Å². The highest BCUT2D eigenvalue weighted by Gasteiger charge is 2.72. The zero-order chi connectivity index (χ0) is 16.8. The number of fused-ring (bicyclic) bond motifs is 1. The van der Waals surface area contributed by atoms with Gasteiger partial charge in [0.05, 0.1) is 0 Å². The molecule has 3 atom stereocenters. The lowest BCUT2D eigenvalue weighted by Crippen LogP contribution is -2.23. The molecule has 2 saturated carbocycles. The predicted molar refractivity (Wildman–Crippen MR) is 101 cm³/mol. The molecular weight excluding hydrogens is 288 g/mol. The first-order chi connectivity index (χ1) is 11.6. The molecule has 24 heavy (non-hydrogen) atoms. The molecule has 0 heterocycles. The molecule has 2 aliphatic rings. The van der Waals surface area contributed by atoms with Crippen molar-refractivity contribution in [2.24, 2.45) is 17.3 Å². The van der Waals surface area contributed by atoms with Crippen LogP contribution >= 0.6 is 0 Å². The summed E-state index contributed by atoms with van der Waals surface area (Å²) in [5.41, 5.74) is 4.56. The van der Waals surface area contributed by atoms with E-state index in [1.807, 2.05) is 6.07 Å². The first-order valence-electron chi connectivity index (χ1n) is 9.22. The Morgan fingerprint density at radius 1 is 0.875 bits per heavy atom. The minimum absolute atomic E-state index is 0.340. The smallest absolute Gasteiger partial charge is 0.0287 e. The molecule has 0 nitrogen and oxygen atoms in total. The highest BCUT2D eigenvalue weighted by Crippen LogP contribution is 2.76. The topological polar surface area (TPSA) is 0 Å². The van der Waals surface area contributed by atoms with Gasteiger partial charge in [-0.3, -0.25) is 0 Å². The van der Waals surface area contributed by atoms with Crippen molar-refractivity contribution in [3.63, 3.8) is 0 Å². The van der Waals surface area contributed by atoms with Gasteiger partial charge in [-0.15, -0.1) is 0 Å². The highest BCUT2D eigenvalue weighted by molar-refractivity contribution is 5.54. The SMILES string of the molecule is CC1CCC2C(C)(C)C2(c2ccccc2C#Cc2ccccc2)C1. The molecule has 0 saturated heterocycles. The molecule has 2 aromatic carbocycles. The lowest BCUT2D eigenvalue weighted by atomic mass is 9.74. The number of benzene rings is 2. The van der Waals surface area contributed by atoms with Crippen molar-refractivity contribution in [2.75, 3.05) is 0 Å². The van der Waals surface area contributed by atoms with Crippen LogP contribution in [0.4, 0.5) is 0 Å². The van der Waals surface area contributed by atoms with Crippen LogP contribution in [0, 0.1) is 29.1 Å². The molecule has 0 aromatic heterocycles. The number of rotatable bonds is 1. The third-order valence-corrected chi connectivity index (χ3v) is 6.67. The molecule has 0 N–H and O–H groups in total. The van der Waals surface area contributed by atoms with Crippen LogP contribution in [-0.2, 0) is 5.41 Å². The normalized spacial score (nSPS) is 30.0. The summed E-state index contributed by atoms with van der Waals surface area (Å²) >= 11 is 0. The number of hydrogen-bond acceptors (Lipinski definition) is 0. The van der Waals surface area contributed by atoms with Crippen LogP contribution in [0.1, 0.15) is 56.7 Å². The van der Waals surface area contributed by atoms with Gasteiger partial charge >= 0.3 is 0 Å². The fraction of sp³-hybridized carbons (Fsp3) is 0.417. The molecule has 4 rings (SSSR count). The van der Waals surface area contributed by atoms with Gasteiger partial charge in [-0.05, 0) is 53.9 Å². The monoisotopic (exact) mass is 314 g/mol. The Morgan fingerprint density at radius 3 is 2.38 bits per heavy atom. The Morgan fingerprint density at radius 2 is 1.58 bits per heavy atom. The molecule has 0 radical (unpaired) electrons. The second-order valence-electron chi connectivity index (χ2n) is 8.29. The maximum atomic E-state index is 3.48. The lowest BCUT2D eigenvalue weighted by Gasteiger charge is -2.29.